The molecule has 1 amide bonds. The van der Waals surface area contributed by atoms with Crippen LogP contribution in [0.1, 0.15) is 36.8 Å². The summed E-state index contributed by atoms with van der Waals surface area (Å²) in [5.74, 6) is 1.32. The first kappa shape index (κ1) is 17.1. The van der Waals surface area contributed by atoms with Crippen molar-refractivity contribution in [2.45, 2.75) is 32.7 Å². The Morgan fingerprint density at radius 1 is 1.41 bits per heavy atom. The number of pyridine rings is 1. The molecule has 1 aromatic heterocycles. The summed E-state index contributed by atoms with van der Waals surface area (Å²) in [6.45, 7) is 8.43. The van der Waals surface area contributed by atoms with Gasteiger partial charge in [-0.15, -0.1) is 0 Å². The first-order chi connectivity index (χ1) is 10.4. The number of aromatic nitrogens is 1. The second kappa shape index (κ2) is 7.33. The molecule has 0 bridgehead atoms. The maximum Gasteiger partial charge on any atom is 0.270 e. The van der Waals surface area contributed by atoms with E-state index in [9.17, 15) is 9.00 Å². The maximum absolute atomic E-state index is 12.4. The highest BCUT2D eigenvalue weighted by Gasteiger charge is 2.30. The van der Waals surface area contributed by atoms with Crippen LogP contribution < -0.4 is 5.32 Å². The summed E-state index contributed by atoms with van der Waals surface area (Å²) in [4.78, 5) is 18.9. The molecule has 2 heterocycles. The van der Waals surface area contributed by atoms with Crippen LogP contribution in [0.2, 0.25) is 0 Å². The Bertz CT molecular complexity index is 550. The van der Waals surface area contributed by atoms with Gasteiger partial charge in [0.1, 0.15) is 5.69 Å². The topological polar surface area (TPSA) is 62.3 Å². The Labute approximate surface area is 135 Å². The Morgan fingerprint density at radius 3 is 2.73 bits per heavy atom. The van der Waals surface area contributed by atoms with Gasteiger partial charge in [-0.25, -0.2) is 0 Å². The van der Waals surface area contributed by atoms with E-state index < -0.39 is 10.8 Å². The molecule has 1 aromatic rings. The predicted molar refractivity (Wildman–Crippen MR) is 89.5 cm³/mol. The molecule has 6 heteroatoms. The van der Waals surface area contributed by atoms with Gasteiger partial charge in [0.25, 0.3) is 5.91 Å². The molecule has 1 aliphatic heterocycles. The van der Waals surface area contributed by atoms with E-state index >= 15 is 0 Å². The molecule has 0 aliphatic carbocycles. The van der Waals surface area contributed by atoms with Crippen LogP contribution in [-0.4, -0.2) is 56.7 Å². The molecule has 0 atom stereocenters. The van der Waals surface area contributed by atoms with Crippen LogP contribution in [0.4, 0.5) is 0 Å². The van der Waals surface area contributed by atoms with E-state index in [1.54, 1.807) is 6.20 Å². The van der Waals surface area contributed by atoms with Crippen molar-refractivity contribution in [3.05, 3.63) is 29.6 Å². The van der Waals surface area contributed by atoms with E-state index in [4.69, 9.17) is 0 Å². The zero-order valence-corrected chi connectivity index (χ0v) is 14.4. The van der Waals surface area contributed by atoms with Gasteiger partial charge in [-0.3, -0.25) is 18.9 Å². The van der Waals surface area contributed by atoms with E-state index in [1.165, 1.54) is 0 Å². The number of amides is 1. The molecule has 1 aliphatic rings. The number of hydrogen-bond acceptors (Lipinski definition) is 4. The van der Waals surface area contributed by atoms with Crippen LogP contribution in [0.3, 0.4) is 0 Å². The van der Waals surface area contributed by atoms with E-state index in [0.29, 0.717) is 12.2 Å². The monoisotopic (exact) mass is 323 g/mol. The number of nitrogens with zero attached hydrogens (tertiary/aromatic N) is 2. The molecule has 0 aromatic carbocycles. The summed E-state index contributed by atoms with van der Waals surface area (Å²) >= 11 is 0. The smallest absolute Gasteiger partial charge is 0.270 e. The molecule has 1 fully saturated rings. The molecule has 2 rings (SSSR count). The summed E-state index contributed by atoms with van der Waals surface area (Å²) in [5, 5.41) is 3.00. The highest BCUT2D eigenvalue weighted by molar-refractivity contribution is 7.85. The molecule has 0 unspecified atom stereocenters. The Kier molecular flexibility index (Phi) is 5.69. The van der Waals surface area contributed by atoms with Crippen molar-refractivity contribution in [2.24, 2.45) is 0 Å². The van der Waals surface area contributed by atoms with Gasteiger partial charge in [0.05, 0.1) is 0 Å². The fourth-order valence-corrected chi connectivity index (χ4v) is 3.72. The van der Waals surface area contributed by atoms with Crippen molar-refractivity contribution < 1.29 is 9.00 Å². The molecular weight excluding hydrogens is 298 g/mol. The van der Waals surface area contributed by atoms with Crippen LogP contribution in [-0.2, 0) is 17.2 Å². The summed E-state index contributed by atoms with van der Waals surface area (Å²) in [5.41, 5.74) is 1.33. The van der Waals surface area contributed by atoms with Crippen LogP contribution in [0.25, 0.3) is 0 Å². The van der Waals surface area contributed by atoms with Crippen molar-refractivity contribution in [2.75, 3.05) is 31.1 Å². The fraction of sp³-hybridized carbons (Fsp3) is 0.625. The van der Waals surface area contributed by atoms with Gasteiger partial charge in [0, 0.05) is 53.7 Å². The zero-order valence-electron chi connectivity index (χ0n) is 13.6. The van der Waals surface area contributed by atoms with Gasteiger partial charge >= 0.3 is 0 Å². The number of carbonyl (C=O) groups excluding carboxylic acids is 1. The second-order valence-electron chi connectivity index (χ2n) is 6.19. The van der Waals surface area contributed by atoms with Gasteiger partial charge in [0.15, 0.2) is 0 Å². The van der Waals surface area contributed by atoms with Crippen molar-refractivity contribution in [1.29, 1.82) is 0 Å². The van der Waals surface area contributed by atoms with Crippen molar-refractivity contribution in [3.63, 3.8) is 0 Å². The van der Waals surface area contributed by atoms with Crippen molar-refractivity contribution in [1.82, 2.24) is 15.2 Å². The van der Waals surface area contributed by atoms with Gasteiger partial charge in [0.2, 0.25) is 0 Å². The number of aryl methyl sites for hydroxylation is 1. The van der Waals surface area contributed by atoms with E-state index in [2.05, 4.69) is 29.0 Å². The molecule has 5 nitrogen and oxygen atoms in total. The zero-order chi connectivity index (χ0) is 16.2. The molecule has 0 radical (unpaired) electrons. The number of nitrogens with one attached hydrogen (secondary N) is 1. The molecule has 0 saturated carbocycles. The van der Waals surface area contributed by atoms with Crippen molar-refractivity contribution >= 4 is 16.7 Å². The van der Waals surface area contributed by atoms with Gasteiger partial charge in [-0.1, -0.05) is 13.0 Å². The highest BCUT2D eigenvalue weighted by Crippen LogP contribution is 2.16. The normalized spacial score (nSPS) is 17.4. The molecule has 22 heavy (non-hydrogen) atoms. The molecule has 122 valence electrons. The first-order valence-electron chi connectivity index (χ1n) is 7.76. The van der Waals surface area contributed by atoms with Crippen molar-refractivity contribution in [3.8, 4) is 0 Å². The third-order valence-electron chi connectivity index (χ3n) is 4.20. The lowest BCUT2D eigenvalue weighted by Gasteiger charge is -2.40. The minimum Gasteiger partial charge on any atom is -0.349 e. The predicted octanol–water partition coefficient (Wildman–Crippen LogP) is 1.22. The summed E-state index contributed by atoms with van der Waals surface area (Å²) < 4.78 is 11.5. The summed E-state index contributed by atoms with van der Waals surface area (Å²) in [6, 6.07) is 3.79. The standard InChI is InChI=1S/C16H25N3O2S/c1-4-13-6-5-7-17-14(13)15(20)18-12-16(2,3)19-8-10-22(21)11-9-19/h5-7H,4,8-12H2,1-3H3,(H,18,20). The Morgan fingerprint density at radius 2 is 2.09 bits per heavy atom. The number of carbonyl (C=O) groups is 1. The SMILES string of the molecule is CCc1cccnc1C(=O)NCC(C)(C)N1CCS(=O)CC1. The van der Waals surface area contributed by atoms with E-state index in [-0.39, 0.29) is 11.4 Å². The highest BCUT2D eigenvalue weighted by atomic mass is 32.2. The lowest BCUT2D eigenvalue weighted by molar-refractivity contribution is 0.0877. The lowest BCUT2D eigenvalue weighted by atomic mass is 10.0. The largest absolute Gasteiger partial charge is 0.349 e. The third-order valence-corrected chi connectivity index (χ3v) is 5.48. The molecule has 0 spiro atoms. The fourth-order valence-electron chi connectivity index (χ4n) is 2.66. The van der Waals surface area contributed by atoms with Crippen LogP contribution in [0.5, 0.6) is 0 Å². The molecule has 1 N–H and O–H groups in total. The quantitative estimate of drug-likeness (QED) is 0.885. The first-order valence-corrected chi connectivity index (χ1v) is 9.25. The van der Waals surface area contributed by atoms with E-state index in [1.807, 2.05) is 19.1 Å². The minimum atomic E-state index is -0.682. The second-order valence-corrected chi connectivity index (χ2v) is 7.89. The van der Waals surface area contributed by atoms with Gasteiger partial charge < -0.3 is 5.32 Å². The third kappa shape index (κ3) is 4.14. The van der Waals surface area contributed by atoms with Crippen LogP contribution in [0, 0.1) is 0 Å². The maximum atomic E-state index is 12.4. The Balaban J connectivity index is 1.96. The van der Waals surface area contributed by atoms with Gasteiger partial charge in [-0.05, 0) is 31.9 Å². The minimum absolute atomic E-state index is 0.119. The number of rotatable bonds is 5. The average molecular weight is 323 g/mol. The molecular formula is C16H25N3O2S. The summed E-state index contributed by atoms with van der Waals surface area (Å²) in [6.07, 6.45) is 2.44. The van der Waals surface area contributed by atoms with Crippen LogP contribution in [0.15, 0.2) is 18.3 Å². The van der Waals surface area contributed by atoms with E-state index in [0.717, 1.165) is 36.6 Å². The van der Waals surface area contributed by atoms with Crippen LogP contribution >= 0.6 is 0 Å². The van der Waals surface area contributed by atoms with Gasteiger partial charge in [-0.2, -0.15) is 0 Å². The Hall–Kier alpha value is -1.27. The number of hydrogen-bond donors (Lipinski definition) is 1. The average Bonchev–Trinajstić information content (AvgIpc) is 2.53. The lowest BCUT2D eigenvalue weighted by Crippen LogP contribution is -2.55. The molecule has 1 saturated heterocycles. The summed E-state index contributed by atoms with van der Waals surface area (Å²) in [7, 11) is -0.682.